The molecule has 26 heavy (non-hydrogen) atoms. The Labute approximate surface area is 145 Å². The zero-order valence-electron chi connectivity index (χ0n) is 14.0. The minimum absolute atomic E-state index is 0.0376. The van der Waals surface area contributed by atoms with Crippen molar-refractivity contribution in [1.82, 2.24) is 15.4 Å². The van der Waals surface area contributed by atoms with Gasteiger partial charge in [-0.15, -0.1) is 5.10 Å². The van der Waals surface area contributed by atoms with Gasteiger partial charge in [0.15, 0.2) is 17.8 Å². The van der Waals surface area contributed by atoms with Crippen molar-refractivity contribution in [2.24, 2.45) is 0 Å². The number of carbonyl (C=O) groups is 1. The molecule has 3 aromatic rings. The second-order valence-electron chi connectivity index (χ2n) is 6.23. The first kappa shape index (κ1) is 16.5. The van der Waals surface area contributed by atoms with E-state index in [1.54, 1.807) is 4.90 Å². The molecule has 0 aliphatic carbocycles. The molecule has 1 aliphatic heterocycles. The van der Waals surface area contributed by atoms with Gasteiger partial charge in [0.1, 0.15) is 0 Å². The lowest BCUT2D eigenvalue weighted by molar-refractivity contribution is -0.00543. The molecule has 0 amide bonds. The van der Waals surface area contributed by atoms with Gasteiger partial charge in [-0.2, -0.15) is 0 Å². The summed E-state index contributed by atoms with van der Waals surface area (Å²) < 4.78 is 30.8. The van der Waals surface area contributed by atoms with Gasteiger partial charge in [-0.05, 0) is 19.9 Å². The molecular weight excluding hydrogens is 347 g/mol. The Morgan fingerprint density at radius 2 is 2.08 bits per heavy atom. The Kier molecular flexibility index (Phi) is 3.83. The molecule has 1 aliphatic rings. The van der Waals surface area contributed by atoms with E-state index in [4.69, 9.17) is 13.7 Å². The predicted molar refractivity (Wildman–Crippen MR) is 87.7 cm³/mol. The molecule has 1 N–H and O–H groups in total. The number of fused-ring (bicyclic) bond motifs is 1. The lowest BCUT2D eigenvalue weighted by atomic mass is 10.1. The van der Waals surface area contributed by atoms with Gasteiger partial charge in [0, 0.05) is 18.7 Å². The molecule has 2 aromatic heterocycles. The third-order valence-corrected chi connectivity index (χ3v) is 4.21. The summed E-state index contributed by atoms with van der Waals surface area (Å²) >= 11 is 0. The van der Waals surface area contributed by atoms with E-state index in [2.05, 4.69) is 15.4 Å². The first-order valence-corrected chi connectivity index (χ1v) is 8.01. The van der Waals surface area contributed by atoms with Crippen LogP contribution in [0, 0.1) is 5.82 Å². The SMILES string of the molecule is CC1CN(c2c(C=O)cc3c(-c4n[nH]c(=O)o4)noc3c2F)CC(C)O1. The standard InChI is InChI=1S/C16H15FN4O5/c1-7-4-21(5-8(2)24-7)13-9(6-22)3-10-12(15-18-19-16(23)25-15)20-26-14(10)11(13)17/h3,6-8H,4-5H2,1-2H3,(H,19,23). The quantitative estimate of drug-likeness (QED) is 0.701. The molecule has 136 valence electrons. The van der Waals surface area contributed by atoms with Gasteiger partial charge < -0.3 is 18.6 Å². The number of hydrogen-bond donors (Lipinski definition) is 1. The number of halogens is 1. The van der Waals surface area contributed by atoms with E-state index in [1.165, 1.54) is 6.07 Å². The summed E-state index contributed by atoms with van der Waals surface area (Å²) in [6, 6.07) is 1.45. The van der Waals surface area contributed by atoms with E-state index in [-0.39, 0.29) is 46.0 Å². The van der Waals surface area contributed by atoms with Gasteiger partial charge >= 0.3 is 5.76 Å². The molecule has 3 heterocycles. The average Bonchev–Trinajstić information content (AvgIpc) is 3.19. The van der Waals surface area contributed by atoms with Crippen LogP contribution < -0.4 is 10.7 Å². The summed E-state index contributed by atoms with van der Waals surface area (Å²) in [6.45, 7) is 4.63. The number of benzene rings is 1. The fourth-order valence-electron chi connectivity index (χ4n) is 3.30. The van der Waals surface area contributed by atoms with Gasteiger partial charge in [0.05, 0.1) is 23.3 Å². The number of rotatable bonds is 3. The number of ether oxygens (including phenoxy) is 1. The Morgan fingerprint density at radius 1 is 1.35 bits per heavy atom. The number of aromatic amines is 1. The van der Waals surface area contributed by atoms with Crippen LogP contribution in [0.15, 0.2) is 19.8 Å². The van der Waals surface area contributed by atoms with Gasteiger partial charge in [-0.3, -0.25) is 4.79 Å². The zero-order chi connectivity index (χ0) is 18.4. The highest BCUT2D eigenvalue weighted by atomic mass is 19.1. The van der Waals surface area contributed by atoms with Crippen LogP contribution in [0.5, 0.6) is 0 Å². The number of aldehydes is 1. The molecule has 0 radical (unpaired) electrons. The van der Waals surface area contributed by atoms with Crippen molar-refractivity contribution in [3.63, 3.8) is 0 Å². The molecule has 4 rings (SSSR count). The molecule has 0 bridgehead atoms. The molecule has 0 saturated carbocycles. The third kappa shape index (κ3) is 2.58. The number of aromatic nitrogens is 3. The van der Waals surface area contributed by atoms with Gasteiger partial charge in [0.25, 0.3) is 5.89 Å². The van der Waals surface area contributed by atoms with E-state index in [9.17, 15) is 9.59 Å². The van der Waals surface area contributed by atoms with E-state index in [0.29, 0.717) is 19.4 Å². The highest BCUT2D eigenvalue weighted by molar-refractivity contribution is 5.99. The fraction of sp³-hybridized carbons (Fsp3) is 0.375. The van der Waals surface area contributed by atoms with Crippen LogP contribution in [0.4, 0.5) is 10.1 Å². The van der Waals surface area contributed by atoms with Crippen molar-refractivity contribution in [3.05, 3.63) is 28.0 Å². The van der Waals surface area contributed by atoms with Crippen molar-refractivity contribution in [1.29, 1.82) is 0 Å². The summed E-state index contributed by atoms with van der Waals surface area (Å²) in [5.41, 5.74) is 0.174. The van der Waals surface area contributed by atoms with Crippen LogP contribution in [-0.4, -0.2) is 46.9 Å². The predicted octanol–water partition coefficient (Wildman–Crippen LogP) is 1.74. The van der Waals surface area contributed by atoms with Crippen LogP contribution in [0.3, 0.4) is 0 Å². The normalized spacial score (nSPS) is 20.7. The fourth-order valence-corrected chi connectivity index (χ4v) is 3.30. The van der Waals surface area contributed by atoms with Crippen molar-refractivity contribution < 1.29 is 22.9 Å². The second-order valence-corrected chi connectivity index (χ2v) is 6.23. The molecule has 10 heteroatoms. The third-order valence-electron chi connectivity index (χ3n) is 4.21. The van der Waals surface area contributed by atoms with Crippen LogP contribution in [0.25, 0.3) is 22.6 Å². The van der Waals surface area contributed by atoms with Crippen LogP contribution in [-0.2, 0) is 4.74 Å². The van der Waals surface area contributed by atoms with Crippen molar-refractivity contribution >= 4 is 22.9 Å². The highest BCUT2D eigenvalue weighted by Gasteiger charge is 2.30. The molecule has 9 nitrogen and oxygen atoms in total. The summed E-state index contributed by atoms with van der Waals surface area (Å²) in [7, 11) is 0. The number of H-pyrrole nitrogens is 1. The number of morpholine rings is 1. The molecule has 0 spiro atoms. The van der Waals surface area contributed by atoms with Crippen LogP contribution in [0.2, 0.25) is 0 Å². The number of nitrogens with one attached hydrogen (secondary N) is 1. The number of hydrogen-bond acceptors (Lipinski definition) is 8. The smallest absolute Gasteiger partial charge is 0.386 e. The lowest BCUT2D eigenvalue weighted by Gasteiger charge is -2.37. The number of carbonyl (C=O) groups excluding carboxylic acids is 1. The molecular formula is C16H15FN4O5. The van der Waals surface area contributed by atoms with E-state index < -0.39 is 11.6 Å². The molecule has 1 fully saturated rings. The Morgan fingerprint density at radius 3 is 2.69 bits per heavy atom. The average molecular weight is 362 g/mol. The summed E-state index contributed by atoms with van der Waals surface area (Å²) in [6.07, 6.45) is 0.342. The number of anilines is 1. The topological polar surface area (TPSA) is 114 Å². The number of nitrogens with zero attached hydrogens (tertiary/aromatic N) is 3. The van der Waals surface area contributed by atoms with Gasteiger partial charge in [0.2, 0.25) is 5.58 Å². The van der Waals surface area contributed by atoms with Crippen LogP contribution in [0.1, 0.15) is 24.2 Å². The van der Waals surface area contributed by atoms with E-state index in [0.717, 1.165) is 0 Å². The van der Waals surface area contributed by atoms with Crippen molar-refractivity contribution in [3.8, 4) is 11.6 Å². The van der Waals surface area contributed by atoms with Gasteiger partial charge in [-0.25, -0.2) is 14.3 Å². The van der Waals surface area contributed by atoms with E-state index >= 15 is 4.39 Å². The maximum Gasteiger partial charge on any atom is 0.434 e. The van der Waals surface area contributed by atoms with Gasteiger partial charge in [-0.1, -0.05) is 5.16 Å². The Balaban J connectivity index is 1.89. The first-order valence-electron chi connectivity index (χ1n) is 8.01. The highest BCUT2D eigenvalue weighted by Crippen LogP contribution is 2.36. The second kappa shape index (κ2) is 6.06. The van der Waals surface area contributed by atoms with Crippen molar-refractivity contribution in [2.45, 2.75) is 26.1 Å². The lowest BCUT2D eigenvalue weighted by Crippen LogP contribution is -2.46. The zero-order valence-corrected chi connectivity index (χ0v) is 14.0. The summed E-state index contributed by atoms with van der Waals surface area (Å²) in [5, 5.41) is 9.69. The van der Waals surface area contributed by atoms with Crippen LogP contribution >= 0.6 is 0 Å². The maximum absolute atomic E-state index is 15.2. The minimum Gasteiger partial charge on any atom is -0.386 e. The largest absolute Gasteiger partial charge is 0.434 e. The Bertz CT molecular complexity index is 1030. The van der Waals surface area contributed by atoms with Crippen molar-refractivity contribution in [2.75, 3.05) is 18.0 Å². The molecule has 1 saturated heterocycles. The molecule has 2 atom stereocenters. The monoisotopic (exact) mass is 362 g/mol. The molecule has 2 unspecified atom stereocenters. The minimum atomic E-state index is -0.778. The Hall–Kier alpha value is -3.01. The first-order chi connectivity index (χ1) is 12.5. The maximum atomic E-state index is 15.2. The van der Waals surface area contributed by atoms with E-state index in [1.807, 2.05) is 13.8 Å². The summed E-state index contributed by atoms with van der Waals surface area (Å²) in [4.78, 5) is 24.5. The summed E-state index contributed by atoms with van der Waals surface area (Å²) in [5.74, 6) is -1.63. The molecule has 1 aromatic carbocycles.